The number of benzene rings is 2. The minimum absolute atomic E-state index is 0.0431. The third kappa shape index (κ3) is 3.42. The molecule has 3 rings (SSSR count). The molecule has 0 aromatic heterocycles. The van der Waals surface area contributed by atoms with Crippen molar-refractivity contribution in [3.05, 3.63) is 59.1 Å². The van der Waals surface area contributed by atoms with Crippen LogP contribution < -0.4 is 10.1 Å². The maximum absolute atomic E-state index is 12.3. The molecular formula is C18H18ClNO2. The summed E-state index contributed by atoms with van der Waals surface area (Å²) in [6, 6.07) is 15.5. The highest BCUT2D eigenvalue weighted by molar-refractivity contribution is 6.31. The van der Waals surface area contributed by atoms with Crippen molar-refractivity contribution in [2.45, 2.75) is 12.8 Å². The van der Waals surface area contributed by atoms with E-state index in [4.69, 9.17) is 16.3 Å². The first-order chi connectivity index (χ1) is 10.7. The van der Waals surface area contributed by atoms with Crippen molar-refractivity contribution in [2.75, 3.05) is 12.4 Å². The highest BCUT2D eigenvalue weighted by atomic mass is 35.5. The Balaban J connectivity index is 1.61. The Morgan fingerprint density at radius 1 is 1.27 bits per heavy atom. The number of amides is 1. The average molecular weight is 316 g/mol. The van der Waals surface area contributed by atoms with Crippen LogP contribution in [0.4, 0.5) is 5.69 Å². The van der Waals surface area contributed by atoms with Gasteiger partial charge in [0.1, 0.15) is 5.75 Å². The van der Waals surface area contributed by atoms with Gasteiger partial charge in [-0.25, -0.2) is 0 Å². The Labute approximate surface area is 135 Å². The Morgan fingerprint density at radius 3 is 2.77 bits per heavy atom. The molecule has 2 aromatic rings. The van der Waals surface area contributed by atoms with Crippen molar-refractivity contribution in [3.63, 3.8) is 0 Å². The quantitative estimate of drug-likeness (QED) is 0.899. The van der Waals surface area contributed by atoms with Gasteiger partial charge in [0, 0.05) is 10.9 Å². The van der Waals surface area contributed by atoms with E-state index in [2.05, 4.69) is 17.4 Å². The molecule has 22 heavy (non-hydrogen) atoms. The average Bonchev–Trinajstić information content (AvgIpc) is 3.28. The van der Waals surface area contributed by atoms with Crippen LogP contribution in [0.1, 0.15) is 12.0 Å². The molecule has 3 nitrogen and oxygen atoms in total. The molecule has 1 aliphatic carbocycles. The zero-order valence-corrected chi connectivity index (χ0v) is 13.1. The van der Waals surface area contributed by atoms with Crippen molar-refractivity contribution in [1.29, 1.82) is 0 Å². The van der Waals surface area contributed by atoms with Crippen LogP contribution in [0.5, 0.6) is 5.75 Å². The highest BCUT2D eigenvalue weighted by Gasteiger charge is 2.42. The van der Waals surface area contributed by atoms with Gasteiger partial charge in [-0.1, -0.05) is 41.9 Å². The summed E-state index contributed by atoms with van der Waals surface area (Å²) >= 11 is 5.98. The van der Waals surface area contributed by atoms with E-state index < -0.39 is 0 Å². The second-order valence-corrected chi connectivity index (χ2v) is 6.06. The first-order valence-electron chi connectivity index (χ1n) is 7.35. The van der Waals surface area contributed by atoms with Crippen LogP contribution in [0.3, 0.4) is 0 Å². The Hall–Kier alpha value is -2.00. The van der Waals surface area contributed by atoms with E-state index in [9.17, 15) is 4.79 Å². The summed E-state index contributed by atoms with van der Waals surface area (Å²) in [6.45, 7) is 0. The fourth-order valence-electron chi connectivity index (χ4n) is 2.71. The first kappa shape index (κ1) is 14.9. The molecule has 2 atom stereocenters. The van der Waals surface area contributed by atoms with E-state index in [1.54, 1.807) is 25.3 Å². The Morgan fingerprint density at radius 2 is 2.05 bits per heavy atom. The lowest BCUT2D eigenvalue weighted by Crippen LogP contribution is -2.15. The normalized spacial score (nSPS) is 19.5. The maximum Gasteiger partial charge on any atom is 0.227 e. The van der Waals surface area contributed by atoms with E-state index in [1.807, 2.05) is 18.2 Å². The lowest BCUT2D eigenvalue weighted by molar-refractivity contribution is -0.117. The van der Waals surface area contributed by atoms with Gasteiger partial charge < -0.3 is 10.1 Å². The molecular weight excluding hydrogens is 298 g/mol. The SMILES string of the molecule is COc1ccc(Cl)cc1NC(=O)[C@H]1CC1Cc1ccccc1. The van der Waals surface area contributed by atoms with Gasteiger partial charge in [-0.3, -0.25) is 4.79 Å². The van der Waals surface area contributed by atoms with Crippen LogP contribution >= 0.6 is 11.6 Å². The lowest BCUT2D eigenvalue weighted by atomic mass is 10.1. The maximum atomic E-state index is 12.3. The molecule has 114 valence electrons. The smallest absolute Gasteiger partial charge is 0.227 e. The van der Waals surface area contributed by atoms with Crippen LogP contribution in [0.15, 0.2) is 48.5 Å². The number of carbonyl (C=O) groups is 1. The molecule has 0 saturated heterocycles. The minimum Gasteiger partial charge on any atom is -0.495 e. The van der Waals surface area contributed by atoms with Crippen molar-refractivity contribution in [1.82, 2.24) is 0 Å². The largest absolute Gasteiger partial charge is 0.495 e. The number of halogens is 1. The second-order valence-electron chi connectivity index (χ2n) is 5.63. The molecule has 0 radical (unpaired) electrons. The van der Waals surface area contributed by atoms with Gasteiger partial charge >= 0.3 is 0 Å². The molecule has 4 heteroatoms. The molecule has 0 aliphatic heterocycles. The number of rotatable bonds is 5. The molecule has 0 heterocycles. The number of ether oxygens (including phenoxy) is 1. The van der Waals surface area contributed by atoms with Crippen molar-refractivity contribution < 1.29 is 9.53 Å². The zero-order valence-electron chi connectivity index (χ0n) is 12.4. The van der Waals surface area contributed by atoms with E-state index in [1.165, 1.54) is 5.56 Å². The van der Waals surface area contributed by atoms with E-state index in [0.717, 1.165) is 12.8 Å². The van der Waals surface area contributed by atoms with Gasteiger partial charge in [0.15, 0.2) is 0 Å². The predicted molar refractivity (Wildman–Crippen MR) is 88.4 cm³/mol. The van der Waals surface area contributed by atoms with E-state index in [-0.39, 0.29) is 11.8 Å². The zero-order chi connectivity index (χ0) is 15.5. The van der Waals surface area contributed by atoms with Crippen molar-refractivity contribution in [3.8, 4) is 5.75 Å². The van der Waals surface area contributed by atoms with Crippen molar-refractivity contribution in [2.24, 2.45) is 11.8 Å². The summed E-state index contributed by atoms with van der Waals surface area (Å²) in [5.41, 5.74) is 1.91. The minimum atomic E-state index is 0.0431. The van der Waals surface area contributed by atoms with Crippen LogP contribution in [0, 0.1) is 11.8 Å². The molecule has 1 unspecified atom stereocenters. The monoisotopic (exact) mass is 315 g/mol. The summed E-state index contributed by atoms with van der Waals surface area (Å²) in [7, 11) is 1.58. The first-order valence-corrected chi connectivity index (χ1v) is 7.73. The van der Waals surface area contributed by atoms with E-state index >= 15 is 0 Å². The number of nitrogens with one attached hydrogen (secondary N) is 1. The van der Waals surface area contributed by atoms with Gasteiger partial charge in [0.2, 0.25) is 5.91 Å². The Bertz CT molecular complexity index is 672. The molecule has 0 spiro atoms. The van der Waals surface area contributed by atoms with Crippen LogP contribution in [0.2, 0.25) is 5.02 Å². The number of hydrogen-bond acceptors (Lipinski definition) is 2. The number of carbonyl (C=O) groups excluding carboxylic acids is 1. The topological polar surface area (TPSA) is 38.3 Å². The predicted octanol–water partition coefficient (Wildman–Crippen LogP) is 4.17. The molecule has 2 aromatic carbocycles. The Kier molecular flexibility index (Phi) is 4.34. The summed E-state index contributed by atoms with van der Waals surface area (Å²) < 4.78 is 5.25. The summed E-state index contributed by atoms with van der Waals surface area (Å²) in [6.07, 6.45) is 1.88. The fourth-order valence-corrected chi connectivity index (χ4v) is 2.89. The van der Waals surface area contributed by atoms with Gasteiger partial charge in [0.05, 0.1) is 12.8 Å². The fraction of sp³-hybridized carbons (Fsp3) is 0.278. The molecule has 1 saturated carbocycles. The lowest BCUT2D eigenvalue weighted by Gasteiger charge is -2.10. The summed E-state index contributed by atoms with van der Waals surface area (Å²) in [4.78, 5) is 12.3. The number of anilines is 1. The second kappa shape index (κ2) is 6.41. The van der Waals surface area contributed by atoms with Crippen LogP contribution in [-0.4, -0.2) is 13.0 Å². The summed E-state index contributed by atoms with van der Waals surface area (Å²) in [5, 5.41) is 3.51. The molecule has 1 aliphatic rings. The van der Waals surface area contributed by atoms with Crippen LogP contribution in [-0.2, 0) is 11.2 Å². The van der Waals surface area contributed by atoms with Crippen LogP contribution in [0.25, 0.3) is 0 Å². The van der Waals surface area contributed by atoms with Gasteiger partial charge in [0.25, 0.3) is 0 Å². The molecule has 1 amide bonds. The number of hydrogen-bond donors (Lipinski definition) is 1. The molecule has 1 fully saturated rings. The molecule has 1 N–H and O–H groups in total. The number of methoxy groups -OCH3 is 1. The standard InChI is InChI=1S/C18H18ClNO2/c1-22-17-8-7-14(19)11-16(17)20-18(21)15-10-13(15)9-12-5-3-2-4-6-12/h2-8,11,13,15H,9-10H2,1H3,(H,20,21)/t13?,15-/m0/s1. The third-order valence-corrected chi connectivity index (χ3v) is 4.25. The highest BCUT2D eigenvalue weighted by Crippen LogP contribution is 2.42. The molecule has 0 bridgehead atoms. The van der Waals surface area contributed by atoms with Gasteiger partial charge in [-0.05, 0) is 42.5 Å². The van der Waals surface area contributed by atoms with Gasteiger partial charge in [-0.2, -0.15) is 0 Å². The van der Waals surface area contributed by atoms with Gasteiger partial charge in [-0.15, -0.1) is 0 Å². The summed E-state index contributed by atoms with van der Waals surface area (Å²) in [5.74, 6) is 1.16. The third-order valence-electron chi connectivity index (χ3n) is 4.02. The van der Waals surface area contributed by atoms with Crippen molar-refractivity contribution >= 4 is 23.2 Å². The van der Waals surface area contributed by atoms with E-state index in [0.29, 0.717) is 22.4 Å².